The van der Waals surface area contributed by atoms with Gasteiger partial charge in [0.2, 0.25) is 0 Å². The fraction of sp³-hybridized carbons (Fsp3) is 0.0588. The van der Waals surface area contributed by atoms with Crippen LogP contribution >= 0.6 is 23.1 Å². The van der Waals surface area contributed by atoms with Crippen LogP contribution in [0.25, 0.3) is 11.1 Å². The molecule has 20 heavy (non-hydrogen) atoms. The first-order valence-corrected chi connectivity index (χ1v) is 8.92. The monoisotopic (exact) mass is 344 g/mol. The van der Waals surface area contributed by atoms with Crippen LogP contribution < -0.4 is 10.6 Å². The molecular formula is C17H14BrOP. The number of allylic oxidation sites excluding steroid dienone is 3. The highest BCUT2D eigenvalue weighted by atomic mass is 79.9. The van der Waals surface area contributed by atoms with Gasteiger partial charge in [0.05, 0.1) is 0 Å². The predicted octanol–water partition coefficient (Wildman–Crippen LogP) is 4.83. The van der Waals surface area contributed by atoms with Gasteiger partial charge in [0, 0.05) is 20.4 Å². The quantitative estimate of drug-likeness (QED) is 0.563. The van der Waals surface area contributed by atoms with Crippen molar-refractivity contribution >= 4 is 33.7 Å². The lowest BCUT2D eigenvalue weighted by atomic mass is 10.1. The van der Waals surface area contributed by atoms with Crippen molar-refractivity contribution in [1.82, 2.24) is 0 Å². The zero-order chi connectivity index (χ0) is 14.3. The van der Waals surface area contributed by atoms with Gasteiger partial charge in [-0.2, -0.15) is 0 Å². The molecule has 0 amide bonds. The molecule has 0 aromatic heterocycles. The van der Waals surface area contributed by atoms with Gasteiger partial charge in [0.25, 0.3) is 0 Å². The number of hydrogen-bond donors (Lipinski definition) is 0. The van der Waals surface area contributed by atoms with Crippen molar-refractivity contribution in [2.24, 2.45) is 0 Å². The van der Waals surface area contributed by atoms with Crippen LogP contribution in [0.3, 0.4) is 0 Å². The highest BCUT2D eigenvalue weighted by Gasteiger charge is 2.40. The van der Waals surface area contributed by atoms with E-state index in [0.717, 1.165) is 31.5 Å². The number of benzene rings is 2. The van der Waals surface area contributed by atoms with E-state index in [-0.39, 0.29) is 0 Å². The standard InChI is InChI=1S/C17H14BrOP/c1-3-13(4-2)20(19)16-8-6-5-7-14(16)15-10-9-12(18)11-17(15)20/h3-11H,1H2,2H3/b13-4+. The Bertz CT molecular complexity index is 789. The van der Waals surface area contributed by atoms with Crippen molar-refractivity contribution in [3.8, 4) is 11.1 Å². The number of hydrogen-bond acceptors (Lipinski definition) is 1. The summed E-state index contributed by atoms with van der Waals surface area (Å²) in [5, 5.41) is 2.63. The van der Waals surface area contributed by atoms with Gasteiger partial charge in [-0.1, -0.05) is 65.0 Å². The van der Waals surface area contributed by atoms with Gasteiger partial charge in [-0.25, -0.2) is 0 Å². The maximum Gasteiger partial charge on any atom is 0.171 e. The van der Waals surface area contributed by atoms with Crippen molar-refractivity contribution < 1.29 is 4.57 Å². The van der Waals surface area contributed by atoms with E-state index in [1.807, 2.05) is 55.5 Å². The maximum absolute atomic E-state index is 13.8. The van der Waals surface area contributed by atoms with Crippen molar-refractivity contribution in [2.75, 3.05) is 0 Å². The van der Waals surface area contributed by atoms with Crippen LogP contribution in [0, 0.1) is 0 Å². The molecule has 3 rings (SSSR count). The summed E-state index contributed by atoms with van der Waals surface area (Å²) in [7, 11) is -2.77. The molecule has 3 heteroatoms. The van der Waals surface area contributed by atoms with Crippen LogP contribution in [0.1, 0.15) is 6.92 Å². The molecule has 2 aromatic rings. The zero-order valence-corrected chi connectivity index (χ0v) is 13.6. The minimum atomic E-state index is -2.77. The molecule has 0 fully saturated rings. The van der Waals surface area contributed by atoms with E-state index in [2.05, 4.69) is 22.5 Å². The van der Waals surface area contributed by atoms with E-state index in [4.69, 9.17) is 0 Å². The average Bonchev–Trinajstić information content (AvgIpc) is 2.71. The number of fused-ring (bicyclic) bond motifs is 3. The third-order valence-corrected chi connectivity index (χ3v) is 7.48. The summed E-state index contributed by atoms with van der Waals surface area (Å²) in [5.41, 5.74) is 2.13. The lowest BCUT2D eigenvalue weighted by Crippen LogP contribution is -2.11. The molecule has 1 heterocycles. The average molecular weight is 345 g/mol. The Morgan fingerprint density at radius 3 is 2.55 bits per heavy atom. The molecule has 0 radical (unpaired) electrons. The second-order valence-electron chi connectivity index (χ2n) is 4.71. The first-order valence-electron chi connectivity index (χ1n) is 6.42. The molecule has 0 spiro atoms. The maximum atomic E-state index is 13.8. The van der Waals surface area contributed by atoms with E-state index in [0.29, 0.717) is 0 Å². The smallest absolute Gasteiger partial charge is 0.171 e. The molecule has 100 valence electrons. The van der Waals surface area contributed by atoms with Crippen LogP contribution in [-0.4, -0.2) is 0 Å². The van der Waals surface area contributed by atoms with Crippen LogP contribution in [0.2, 0.25) is 0 Å². The molecule has 2 aromatic carbocycles. The van der Waals surface area contributed by atoms with Crippen molar-refractivity contribution in [3.05, 3.63) is 71.0 Å². The number of halogens is 1. The van der Waals surface area contributed by atoms with Crippen LogP contribution in [-0.2, 0) is 4.57 Å². The Labute approximate surface area is 127 Å². The van der Waals surface area contributed by atoms with Crippen LogP contribution in [0.15, 0.2) is 71.0 Å². The third-order valence-electron chi connectivity index (χ3n) is 3.70. The van der Waals surface area contributed by atoms with E-state index >= 15 is 0 Å². The predicted molar refractivity (Wildman–Crippen MR) is 90.4 cm³/mol. The summed E-state index contributed by atoms with van der Waals surface area (Å²) in [6, 6.07) is 14.0. The molecule has 0 N–H and O–H groups in total. The molecule has 1 aliphatic rings. The molecule has 0 bridgehead atoms. The van der Waals surface area contributed by atoms with E-state index in [9.17, 15) is 4.57 Å². The summed E-state index contributed by atoms with van der Waals surface area (Å²) >= 11 is 3.49. The van der Waals surface area contributed by atoms with Crippen molar-refractivity contribution in [2.45, 2.75) is 6.92 Å². The first kappa shape index (κ1) is 13.6. The molecule has 1 aliphatic heterocycles. The van der Waals surface area contributed by atoms with Gasteiger partial charge < -0.3 is 4.57 Å². The molecule has 1 atom stereocenters. The Morgan fingerprint density at radius 2 is 1.85 bits per heavy atom. The Hall–Kier alpha value is -1.37. The normalized spacial score (nSPS) is 20.4. The van der Waals surface area contributed by atoms with Gasteiger partial charge in [-0.05, 0) is 30.2 Å². The highest BCUT2D eigenvalue weighted by Crippen LogP contribution is 2.59. The number of rotatable bonds is 2. The third kappa shape index (κ3) is 1.72. The second kappa shape index (κ2) is 4.87. The fourth-order valence-electron chi connectivity index (χ4n) is 2.81. The Balaban J connectivity index is 2.45. The fourth-order valence-corrected chi connectivity index (χ4v) is 6.47. The zero-order valence-electron chi connectivity index (χ0n) is 11.1. The van der Waals surface area contributed by atoms with Gasteiger partial charge in [-0.3, -0.25) is 0 Å². The molecule has 0 saturated heterocycles. The largest absolute Gasteiger partial charge is 0.309 e. The molecule has 1 nitrogen and oxygen atoms in total. The minimum Gasteiger partial charge on any atom is -0.309 e. The highest BCUT2D eigenvalue weighted by molar-refractivity contribution is 9.10. The summed E-state index contributed by atoms with van der Waals surface area (Å²) < 4.78 is 14.8. The van der Waals surface area contributed by atoms with Crippen LogP contribution in [0.5, 0.6) is 0 Å². The molecule has 1 unspecified atom stereocenters. The minimum absolute atomic E-state index is 0.807. The summed E-state index contributed by atoms with van der Waals surface area (Å²) in [6.45, 7) is 5.75. The summed E-state index contributed by atoms with van der Waals surface area (Å²) in [5.74, 6) is 0. The molecule has 0 aliphatic carbocycles. The van der Waals surface area contributed by atoms with Gasteiger partial charge in [-0.15, -0.1) is 0 Å². The van der Waals surface area contributed by atoms with E-state index < -0.39 is 7.14 Å². The lowest BCUT2D eigenvalue weighted by Gasteiger charge is -2.16. The lowest BCUT2D eigenvalue weighted by molar-refractivity contribution is 0.591. The van der Waals surface area contributed by atoms with E-state index in [1.165, 1.54) is 0 Å². The van der Waals surface area contributed by atoms with Gasteiger partial charge >= 0.3 is 0 Å². The van der Waals surface area contributed by atoms with Gasteiger partial charge in [0.1, 0.15) is 0 Å². The first-order chi connectivity index (χ1) is 9.62. The topological polar surface area (TPSA) is 17.1 Å². The van der Waals surface area contributed by atoms with Crippen LogP contribution in [0.4, 0.5) is 0 Å². The second-order valence-corrected chi connectivity index (χ2v) is 8.32. The summed E-state index contributed by atoms with van der Waals surface area (Å²) in [6.07, 6.45) is 3.62. The summed E-state index contributed by atoms with van der Waals surface area (Å²) in [4.78, 5) is 0. The molecular weight excluding hydrogens is 331 g/mol. The SMILES string of the molecule is C=C/C(=C\C)P1(=O)c2ccccc2-c2ccc(Br)cc21. The van der Waals surface area contributed by atoms with Gasteiger partial charge in [0.15, 0.2) is 7.14 Å². The van der Waals surface area contributed by atoms with Crippen molar-refractivity contribution in [3.63, 3.8) is 0 Å². The molecule has 0 saturated carbocycles. The Kier molecular flexibility index (Phi) is 3.32. The Morgan fingerprint density at radius 1 is 1.15 bits per heavy atom. The van der Waals surface area contributed by atoms with E-state index in [1.54, 1.807) is 6.08 Å². The van der Waals surface area contributed by atoms with Crippen molar-refractivity contribution in [1.29, 1.82) is 0 Å².